The minimum absolute atomic E-state index is 0.374. The van der Waals surface area contributed by atoms with Crippen molar-refractivity contribution in [3.8, 4) is 11.1 Å². The highest BCUT2D eigenvalue weighted by molar-refractivity contribution is 6.46. The van der Waals surface area contributed by atoms with Crippen LogP contribution in [-0.2, 0) is 0 Å². The van der Waals surface area contributed by atoms with Crippen molar-refractivity contribution in [2.24, 2.45) is 0 Å². The highest BCUT2D eigenvalue weighted by Crippen LogP contribution is 2.36. The molecule has 0 nitrogen and oxygen atoms in total. The first kappa shape index (κ1) is 14.0. The van der Waals surface area contributed by atoms with Crippen molar-refractivity contribution in [1.82, 2.24) is 0 Å². The van der Waals surface area contributed by atoms with Gasteiger partial charge in [-0.2, -0.15) is 0 Å². The molecule has 0 heterocycles. The van der Waals surface area contributed by atoms with E-state index in [1.54, 1.807) is 0 Å². The van der Waals surface area contributed by atoms with E-state index in [0.717, 1.165) is 33.2 Å². The van der Waals surface area contributed by atoms with Gasteiger partial charge in [-0.05, 0) is 33.7 Å². The van der Waals surface area contributed by atoms with E-state index in [-0.39, 0.29) is 0 Å². The number of halogens is 2. The third-order valence-corrected chi connectivity index (χ3v) is 4.17. The van der Waals surface area contributed by atoms with Gasteiger partial charge in [-0.25, -0.2) is 8.78 Å². The standard InChI is InChI=1S/C20H11BF2/c21-20-15-7-3-1-5-13(15)19(14-6-2-4-8-16(14)20)17-10-9-12(22)11-18(17)23/h1-11H. The Kier molecular flexibility index (Phi) is 3.15. The van der Waals surface area contributed by atoms with Crippen LogP contribution in [0.25, 0.3) is 32.7 Å². The van der Waals surface area contributed by atoms with Crippen LogP contribution in [-0.4, -0.2) is 7.85 Å². The fraction of sp³-hybridized carbons (Fsp3) is 0. The molecule has 0 N–H and O–H groups in total. The van der Waals surface area contributed by atoms with Gasteiger partial charge in [0.2, 0.25) is 0 Å². The van der Waals surface area contributed by atoms with Crippen molar-refractivity contribution >= 4 is 34.9 Å². The van der Waals surface area contributed by atoms with Gasteiger partial charge in [0, 0.05) is 17.2 Å². The molecule has 0 aliphatic heterocycles. The monoisotopic (exact) mass is 300 g/mol. The third kappa shape index (κ3) is 2.12. The Morgan fingerprint density at radius 2 is 1.17 bits per heavy atom. The van der Waals surface area contributed by atoms with Crippen molar-refractivity contribution in [2.45, 2.75) is 0 Å². The molecular formula is C20H11BF2. The predicted molar refractivity (Wildman–Crippen MR) is 92.2 cm³/mol. The number of hydrogen-bond acceptors (Lipinski definition) is 0. The van der Waals surface area contributed by atoms with Crippen LogP contribution in [0.2, 0.25) is 0 Å². The first-order chi connectivity index (χ1) is 11.2. The lowest BCUT2D eigenvalue weighted by Crippen LogP contribution is -2.07. The van der Waals surface area contributed by atoms with Gasteiger partial charge in [-0.15, -0.1) is 0 Å². The molecule has 23 heavy (non-hydrogen) atoms. The molecule has 2 radical (unpaired) electrons. The fourth-order valence-corrected chi connectivity index (χ4v) is 3.14. The lowest BCUT2D eigenvalue weighted by molar-refractivity contribution is 0.586. The predicted octanol–water partition coefficient (Wildman–Crippen LogP) is 4.73. The Labute approximate surface area is 133 Å². The zero-order valence-corrected chi connectivity index (χ0v) is 12.2. The lowest BCUT2D eigenvalue weighted by atomic mass is 9.81. The molecule has 0 saturated heterocycles. The molecule has 0 atom stereocenters. The van der Waals surface area contributed by atoms with Gasteiger partial charge >= 0.3 is 0 Å². The highest BCUT2D eigenvalue weighted by Gasteiger charge is 2.15. The maximum absolute atomic E-state index is 14.4. The van der Waals surface area contributed by atoms with Crippen LogP contribution in [0, 0.1) is 11.6 Å². The van der Waals surface area contributed by atoms with E-state index in [1.807, 2.05) is 48.5 Å². The molecule has 0 aliphatic carbocycles. The number of hydrogen-bond donors (Lipinski definition) is 0. The van der Waals surface area contributed by atoms with Crippen LogP contribution >= 0.6 is 0 Å². The summed E-state index contributed by atoms with van der Waals surface area (Å²) in [7, 11) is 6.31. The molecule has 4 aromatic rings. The summed E-state index contributed by atoms with van der Waals surface area (Å²) in [6, 6.07) is 18.9. The van der Waals surface area contributed by atoms with E-state index in [9.17, 15) is 8.78 Å². The Bertz CT molecular complexity index is 997. The second-order valence-electron chi connectivity index (χ2n) is 5.50. The van der Waals surface area contributed by atoms with Crippen molar-refractivity contribution in [1.29, 1.82) is 0 Å². The summed E-state index contributed by atoms with van der Waals surface area (Å²) < 4.78 is 27.7. The second kappa shape index (κ2) is 5.20. The van der Waals surface area contributed by atoms with Crippen molar-refractivity contribution in [3.05, 3.63) is 78.4 Å². The van der Waals surface area contributed by atoms with E-state index < -0.39 is 11.6 Å². The SMILES string of the molecule is [B]c1c2ccccc2c(-c2ccc(F)cc2F)c2ccccc12. The summed E-state index contributed by atoms with van der Waals surface area (Å²) in [5, 5.41) is 3.44. The molecule has 4 aromatic carbocycles. The van der Waals surface area contributed by atoms with Crippen molar-refractivity contribution < 1.29 is 8.78 Å². The van der Waals surface area contributed by atoms with Crippen LogP contribution in [0.5, 0.6) is 0 Å². The zero-order valence-electron chi connectivity index (χ0n) is 12.2. The van der Waals surface area contributed by atoms with Crippen molar-refractivity contribution in [2.75, 3.05) is 0 Å². The molecule has 0 fully saturated rings. The number of fused-ring (bicyclic) bond motifs is 2. The minimum Gasteiger partial charge on any atom is -0.207 e. The second-order valence-corrected chi connectivity index (χ2v) is 5.50. The molecule has 0 bridgehead atoms. The molecule has 0 amide bonds. The number of rotatable bonds is 1. The summed E-state index contributed by atoms with van der Waals surface area (Å²) in [6.07, 6.45) is 0. The fourth-order valence-electron chi connectivity index (χ4n) is 3.14. The van der Waals surface area contributed by atoms with Crippen LogP contribution in [0.4, 0.5) is 8.78 Å². The maximum atomic E-state index is 14.4. The van der Waals surface area contributed by atoms with Crippen LogP contribution in [0.15, 0.2) is 66.7 Å². The van der Waals surface area contributed by atoms with Crippen molar-refractivity contribution in [3.63, 3.8) is 0 Å². The first-order valence-electron chi connectivity index (χ1n) is 7.31. The van der Waals surface area contributed by atoms with Crippen LogP contribution in [0.1, 0.15) is 0 Å². The zero-order chi connectivity index (χ0) is 16.0. The summed E-state index contributed by atoms with van der Waals surface area (Å²) in [4.78, 5) is 0. The van der Waals surface area contributed by atoms with Gasteiger partial charge in [0.15, 0.2) is 0 Å². The molecule has 0 spiro atoms. The average molecular weight is 300 g/mol. The van der Waals surface area contributed by atoms with Gasteiger partial charge in [-0.3, -0.25) is 0 Å². The molecule has 0 unspecified atom stereocenters. The van der Waals surface area contributed by atoms with Gasteiger partial charge in [-0.1, -0.05) is 54.0 Å². The average Bonchev–Trinajstić information content (AvgIpc) is 2.57. The summed E-state index contributed by atoms with van der Waals surface area (Å²) >= 11 is 0. The molecule has 3 heteroatoms. The molecule has 4 rings (SSSR count). The molecular weight excluding hydrogens is 289 g/mol. The number of benzene rings is 4. The van der Waals surface area contributed by atoms with E-state index >= 15 is 0 Å². The van der Waals surface area contributed by atoms with Gasteiger partial charge in [0.1, 0.15) is 19.5 Å². The first-order valence-corrected chi connectivity index (χ1v) is 7.31. The maximum Gasteiger partial charge on any atom is 0.133 e. The van der Waals surface area contributed by atoms with E-state index in [1.165, 1.54) is 12.1 Å². The third-order valence-electron chi connectivity index (χ3n) is 4.17. The van der Waals surface area contributed by atoms with E-state index in [4.69, 9.17) is 7.85 Å². The smallest absolute Gasteiger partial charge is 0.133 e. The quantitative estimate of drug-likeness (QED) is 0.352. The normalized spacial score (nSPS) is 11.2. The largest absolute Gasteiger partial charge is 0.207 e. The summed E-state index contributed by atoms with van der Waals surface area (Å²) in [5.74, 6) is -1.17. The molecule has 0 aliphatic rings. The lowest BCUT2D eigenvalue weighted by Gasteiger charge is -2.16. The van der Waals surface area contributed by atoms with E-state index in [0.29, 0.717) is 11.0 Å². The molecule has 0 aromatic heterocycles. The van der Waals surface area contributed by atoms with Gasteiger partial charge < -0.3 is 0 Å². The minimum atomic E-state index is -0.588. The van der Waals surface area contributed by atoms with Crippen LogP contribution < -0.4 is 5.46 Å². The summed E-state index contributed by atoms with van der Waals surface area (Å²) in [6.45, 7) is 0. The molecule has 0 saturated carbocycles. The Morgan fingerprint density at radius 3 is 1.70 bits per heavy atom. The molecule has 108 valence electrons. The van der Waals surface area contributed by atoms with E-state index in [2.05, 4.69) is 0 Å². The topological polar surface area (TPSA) is 0 Å². The summed E-state index contributed by atoms with van der Waals surface area (Å²) in [5.41, 5.74) is 1.78. The Balaban J connectivity index is 2.25. The highest BCUT2D eigenvalue weighted by atomic mass is 19.1. The Morgan fingerprint density at radius 1 is 0.652 bits per heavy atom. The van der Waals surface area contributed by atoms with Crippen LogP contribution in [0.3, 0.4) is 0 Å². The Hall–Kier alpha value is -2.68. The van der Waals surface area contributed by atoms with Gasteiger partial charge in [0.25, 0.3) is 0 Å². The van der Waals surface area contributed by atoms with Gasteiger partial charge in [0.05, 0.1) is 0 Å².